The number of rotatable bonds is 4. The molecule has 1 unspecified atom stereocenters. The van der Waals surface area contributed by atoms with E-state index in [1.165, 1.54) is 24.2 Å². The summed E-state index contributed by atoms with van der Waals surface area (Å²) in [6.07, 6.45) is 1.27. The molecule has 0 amide bonds. The Kier molecular flexibility index (Phi) is 4.55. The van der Waals surface area contributed by atoms with Crippen LogP contribution in [0.15, 0.2) is 24.3 Å². The highest BCUT2D eigenvalue weighted by molar-refractivity contribution is 5.54. The molecule has 0 spiro atoms. The Balaban J connectivity index is 1.67. The number of anilines is 1. The van der Waals surface area contributed by atoms with Crippen LogP contribution in [0.1, 0.15) is 12.0 Å². The van der Waals surface area contributed by atoms with E-state index >= 15 is 0 Å². The maximum atomic E-state index is 5.46. The van der Waals surface area contributed by atoms with E-state index in [1.54, 1.807) is 0 Å². The van der Waals surface area contributed by atoms with Gasteiger partial charge in [0, 0.05) is 44.5 Å². The minimum absolute atomic E-state index is 0.696. The van der Waals surface area contributed by atoms with Crippen LogP contribution in [0, 0.1) is 0 Å². The molecule has 110 valence electrons. The molecular formula is C16H25N3O. The highest BCUT2D eigenvalue weighted by Crippen LogP contribution is 2.26. The predicted molar refractivity (Wildman–Crippen MR) is 82.2 cm³/mol. The van der Waals surface area contributed by atoms with Crippen molar-refractivity contribution in [2.24, 2.45) is 0 Å². The summed E-state index contributed by atoms with van der Waals surface area (Å²) in [7, 11) is 2.01. The van der Waals surface area contributed by atoms with Crippen LogP contribution < -0.4 is 10.2 Å². The lowest BCUT2D eigenvalue weighted by molar-refractivity contribution is 0.0209. The number of benzene rings is 1. The lowest BCUT2D eigenvalue weighted by Crippen LogP contribution is -2.44. The van der Waals surface area contributed by atoms with Gasteiger partial charge in [0.1, 0.15) is 0 Å². The first-order valence-corrected chi connectivity index (χ1v) is 7.68. The molecule has 4 nitrogen and oxygen atoms in total. The van der Waals surface area contributed by atoms with E-state index in [0.29, 0.717) is 6.04 Å². The van der Waals surface area contributed by atoms with Crippen molar-refractivity contribution >= 4 is 5.69 Å². The number of nitrogens with zero attached hydrogens (tertiary/aromatic N) is 2. The largest absolute Gasteiger partial charge is 0.379 e. The second kappa shape index (κ2) is 6.57. The lowest BCUT2D eigenvalue weighted by Gasteiger charge is -2.32. The van der Waals surface area contributed by atoms with Crippen LogP contribution in [-0.2, 0) is 11.3 Å². The van der Waals surface area contributed by atoms with Gasteiger partial charge in [-0.05, 0) is 25.1 Å². The highest BCUT2D eigenvalue weighted by atomic mass is 16.5. The zero-order valence-corrected chi connectivity index (χ0v) is 12.3. The van der Waals surface area contributed by atoms with Gasteiger partial charge in [0.05, 0.1) is 13.2 Å². The van der Waals surface area contributed by atoms with Gasteiger partial charge in [-0.2, -0.15) is 0 Å². The van der Waals surface area contributed by atoms with Crippen molar-refractivity contribution in [3.8, 4) is 0 Å². The minimum Gasteiger partial charge on any atom is -0.379 e. The summed E-state index contributed by atoms with van der Waals surface area (Å²) in [6, 6.07) is 9.46. The fourth-order valence-electron chi connectivity index (χ4n) is 3.36. The van der Waals surface area contributed by atoms with Gasteiger partial charge in [-0.1, -0.05) is 18.2 Å². The molecule has 2 fully saturated rings. The fourth-order valence-corrected chi connectivity index (χ4v) is 3.36. The van der Waals surface area contributed by atoms with Crippen molar-refractivity contribution in [3.63, 3.8) is 0 Å². The van der Waals surface area contributed by atoms with Crippen molar-refractivity contribution in [3.05, 3.63) is 29.8 Å². The molecule has 0 bridgehead atoms. The van der Waals surface area contributed by atoms with Crippen molar-refractivity contribution in [1.29, 1.82) is 0 Å². The molecule has 2 aliphatic heterocycles. The van der Waals surface area contributed by atoms with Crippen molar-refractivity contribution in [2.45, 2.75) is 19.0 Å². The van der Waals surface area contributed by atoms with Gasteiger partial charge in [0.15, 0.2) is 0 Å². The second-order valence-electron chi connectivity index (χ2n) is 5.70. The summed E-state index contributed by atoms with van der Waals surface area (Å²) in [6.45, 7) is 7.24. The van der Waals surface area contributed by atoms with E-state index in [9.17, 15) is 0 Å². The Labute approximate surface area is 121 Å². The van der Waals surface area contributed by atoms with E-state index in [0.717, 1.165) is 39.4 Å². The van der Waals surface area contributed by atoms with E-state index in [2.05, 4.69) is 39.4 Å². The van der Waals surface area contributed by atoms with Gasteiger partial charge in [0.2, 0.25) is 0 Å². The van der Waals surface area contributed by atoms with Crippen LogP contribution in [0.5, 0.6) is 0 Å². The van der Waals surface area contributed by atoms with Crippen molar-refractivity contribution in [2.75, 3.05) is 51.3 Å². The third-order valence-electron chi connectivity index (χ3n) is 4.42. The van der Waals surface area contributed by atoms with E-state index in [-0.39, 0.29) is 0 Å². The third-order valence-corrected chi connectivity index (χ3v) is 4.42. The summed E-state index contributed by atoms with van der Waals surface area (Å²) in [5.41, 5.74) is 2.80. The zero-order chi connectivity index (χ0) is 13.8. The van der Waals surface area contributed by atoms with E-state index < -0.39 is 0 Å². The zero-order valence-electron chi connectivity index (χ0n) is 12.3. The highest BCUT2D eigenvalue weighted by Gasteiger charge is 2.29. The van der Waals surface area contributed by atoms with Crippen LogP contribution >= 0.6 is 0 Å². The molecule has 1 aromatic carbocycles. The molecule has 1 N–H and O–H groups in total. The van der Waals surface area contributed by atoms with Gasteiger partial charge >= 0.3 is 0 Å². The number of ether oxygens (including phenoxy) is 1. The Hall–Kier alpha value is -1.10. The van der Waals surface area contributed by atoms with Crippen molar-refractivity contribution < 1.29 is 4.74 Å². The molecule has 4 heteroatoms. The average Bonchev–Trinajstić information content (AvgIpc) is 2.99. The maximum Gasteiger partial charge on any atom is 0.0594 e. The Morgan fingerprint density at radius 3 is 2.80 bits per heavy atom. The standard InChI is InChI=1S/C16H25N3O/c1-17-12-14-4-2-3-5-16(14)19-7-6-15(13-19)18-8-10-20-11-9-18/h2-5,15,17H,6-13H2,1H3. The maximum absolute atomic E-state index is 5.46. The summed E-state index contributed by atoms with van der Waals surface area (Å²) in [4.78, 5) is 5.15. The second-order valence-corrected chi connectivity index (χ2v) is 5.70. The normalized spacial score (nSPS) is 24.2. The van der Waals surface area contributed by atoms with Crippen LogP contribution in [0.25, 0.3) is 0 Å². The molecule has 20 heavy (non-hydrogen) atoms. The molecule has 1 atom stereocenters. The van der Waals surface area contributed by atoms with Gasteiger partial charge in [0.25, 0.3) is 0 Å². The smallest absolute Gasteiger partial charge is 0.0594 e. The summed E-state index contributed by atoms with van der Waals surface area (Å²) in [5, 5.41) is 3.27. The number of nitrogens with one attached hydrogen (secondary N) is 1. The molecule has 2 saturated heterocycles. The van der Waals surface area contributed by atoms with Gasteiger partial charge in [-0.15, -0.1) is 0 Å². The molecular weight excluding hydrogens is 250 g/mol. The Bertz CT molecular complexity index is 431. The first-order chi connectivity index (χ1) is 9.88. The van der Waals surface area contributed by atoms with Crippen LogP contribution in [0.4, 0.5) is 5.69 Å². The Morgan fingerprint density at radius 2 is 2.00 bits per heavy atom. The third kappa shape index (κ3) is 2.97. The SMILES string of the molecule is CNCc1ccccc1N1CCC(N2CCOCC2)C1. The summed E-state index contributed by atoms with van der Waals surface area (Å²) >= 11 is 0. The lowest BCUT2D eigenvalue weighted by atomic mass is 10.1. The van der Waals surface area contributed by atoms with Crippen LogP contribution in [0.3, 0.4) is 0 Å². The monoisotopic (exact) mass is 275 g/mol. The number of hydrogen-bond acceptors (Lipinski definition) is 4. The number of hydrogen-bond donors (Lipinski definition) is 1. The summed E-state index contributed by atoms with van der Waals surface area (Å²) in [5.74, 6) is 0. The number of morpholine rings is 1. The topological polar surface area (TPSA) is 27.7 Å². The molecule has 2 heterocycles. The molecule has 1 aromatic rings. The molecule has 0 aromatic heterocycles. The fraction of sp³-hybridized carbons (Fsp3) is 0.625. The van der Waals surface area contributed by atoms with Gasteiger partial charge < -0.3 is 15.0 Å². The molecule has 0 aliphatic carbocycles. The predicted octanol–water partition coefficient (Wildman–Crippen LogP) is 1.32. The first kappa shape index (κ1) is 13.9. The molecule has 2 aliphatic rings. The van der Waals surface area contributed by atoms with Crippen LogP contribution in [-0.4, -0.2) is 57.4 Å². The van der Waals surface area contributed by atoms with E-state index in [4.69, 9.17) is 4.74 Å². The number of para-hydroxylation sites is 1. The van der Waals surface area contributed by atoms with Gasteiger partial charge in [-0.25, -0.2) is 0 Å². The average molecular weight is 275 g/mol. The van der Waals surface area contributed by atoms with Gasteiger partial charge in [-0.3, -0.25) is 4.90 Å². The molecule has 0 saturated carbocycles. The van der Waals surface area contributed by atoms with E-state index in [1.807, 2.05) is 7.05 Å². The molecule has 3 rings (SSSR count). The first-order valence-electron chi connectivity index (χ1n) is 7.68. The summed E-state index contributed by atoms with van der Waals surface area (Å²) < 4.78 is 5.46. The quantitative estimate of drug-likeness (QED) is 0.897. The van der Waals surface area contributed by atoms with Crippen molar-refractivity contribution in [1.82, 2.24) is 10.2 Å². The van der Waals surface area contributed by atoms with Crippen LogP contribution in [0.2, 0.25) is 0 Å². The molecule has 0 radical (unpaired) electrons. The Morgan fingerprint density at radius 1 is 1.20 bits per heavy atom. The minimum atomic E-state index is 0.696.